The summed E-state index contributed by atoms with van der Waals surface area (Å²) in [6, 6.07) is 5.56. The molecule has 1 heterocycles. The third-order valence-electron chi connectivity index (χ3n) is 3.14. The lowest BCUT2D eigenvalue weighted by Gasteiger charge is -2.23. The number of piperidine rings is 1. The van der Waals surface area contributed by atoms with Gasteiger partial charge in [0.05, 0.1) is 17.5 Å². The van der Waals surface area contributed by atoms with Gasteiger partial charge in [0.25, 0.3) is 0 Å². The third-order valence-corrected chi connectivity index (χ3v) is 4.00. The summed E-state index contributed by atoms with van der Waals surface area (Å²) in [6.45, 7) is 2.25. The molecule has 2 N–H and O–H groups in total. The lowest BCUT2D eigenvalue weighted by molar-refractivity contribution is -0.122. The number of rotatable bonds is 5. The predicted octanol–water partition coefficient (Wildman–Crippen LogP) is 2.74. The molecule has 1 saturated heterocycles. The van der Waals surface area contributed by atoms with Crippen molar-refractivity contribution in [2.45, 2.75) is 25.3 Å². The summed E-state index contributed by atoms with van der Waals surface area (Å²) in [7, 11) is 0. The standard InChI is InChI=1S/C14H18BrClN2O2/c15-12-8-10(16)3-4-13(12)20-7-5-14(19)18-11-2-1-6-17-9-11/h3-4,8,11,17H,1-2,5-7,9H2,(H,18,19). The fraction of sp³-hybridized carbons (Fsp3) is 0.500. The van der Waals surface area contributed by atoms with Crippen LogP contribution in [-0.4, -0.2) is 31.6 Å². The largest absolute Gasteiger partial charge is 0.492 e. The summed E-state index contributed by atoms with van der Waals surface area (Å²) >= 11 is 9.23. The molecule has 1 fully saturated rings. The summed E-state index contributed by atoms with van der Waals surface area (Å²) in [4.78, 5) is 11.8. The van der Waals surface area contributed by atoms with Crippen molar-refractivity contribution in [1.29, 1.82) is 0 Å². The van der Waals surface area contributed by atoms with Crippen molar-refractivity contribution in [2.75, 3.05) is 19.7 Å². The zero-order chi connectivity index (χ0) is 14.4. The van der Waals surface area contributed by atoms with Crippen LogP contribution in [0.25, 0.3) is 0 Å². The highest BCUT2D eigenvalue weighted by Gasteiger charge is 2.15. The quantitative estimate of drug-likeness (QED) is 0.848. The molecule has 110 valence electrons. The Labute approximate surface area is 132 Å². The smallest absolute Gasteiger partial charge is 0.223 e. The molecular formula is C14H18BrClN2O2. The third kappa shape index (κ3) is 4.96. The Morgan fingerprint density at radius 1 is 1.55 bits per heavy atom. The van der Waals surface area contributed by atoms with E-state index in [-0.39, 0.29) is 11.9 Å². The van der Waals surface area contributed by atoms with Crippen molar-refractivity contribution < 1.29 is 9.53 Å². The lowest BCUT2D eigenvalue weighted by Crippen LogP contribution is -2.45. The zero-order valence-corrected chi connectivity index (χ0v) is 13.5. The first kappa shape index (κ1) is 15.6. The Balaban J connectivity index is 1.70. The zero-order valence-electron chi connectivity index (χ0n) is 11.1. The Kier molecular flexibility index (Phi) is 6.13. The second-order valence-electron chi connectivity index (χ2n) is 4.78. The van der Waals surface area contributed by atoms with Crippen LogP contribution in [0, 0.1) is 0 Å². The number of amides is 1. The maximum atomic E-state index is 11.8. The van der Waals surface area contributed by atoms with E-state index in [2.05, 4.69) is 26.6 Å². The van der Waals surface area contributed by atoms with E-state index in [0.29, 0.717) is 23.8 Å². The monoisotopic (exact) mass is 360 g/mol. The van der Waals surface area contributed by atoms with Crippen molar-refractivity contribution >= 4 is 33.4 Å². The van der Waals surface area contributed by atoms with Crippen LogP contribution in [0.3, 0.4) is 0 Å². The number of ether oxygens (including phenoxy) is 1. The molecule has 1 aromatic carbocycles. The van der Waals surface area contributed by atoms with Crippen LogP contribution in [0.2, 0.25) is 5.02 Å². The maximum Gasteiger partial charge on any atom is 0.223 e. The average Bonchev–Trinajstić information content (AvgIpc) is 2.42. The van der Waals surface area contributed by atoms with Crippen LogP contribution in [0.4, 0.5) is 0 Å². The van der Waals surface area contributed by atoms with E-state index in [1.165, 1.54) is 0 Å². The van der Waals surface area contributed by atoms with Crippen molar-refractivity contribution in [3.8, 4) is 5.75 Å². The number of carbonyl (C=O) groups excluding carboxylic acids is 1. The summed E-state index contributed by atoms with van der Waals surface area (Å²) in [5.74, 6) is 0.727. The molecule has 6 heteroatoms. The highest BCUT2D eigenvalue weighted by atomic mass is 79.9. The van der Waals surface area contributed by atoms with E-state index in [4.69, 9.17) is 16.3 Å². The Bertz CT molecular complexity index is 464. The molecule has 1 aliphatic rings. The molecule has 20 heavy (non-hydrogen) atoms. The van der Waals surface area contributed by atoms with Crippen LogP contribution < -0.4 is 15.4 Å². The number of halogens is 2. The van der Waals surface area contributed by atoms with Gasteiger partial charge in [-0.15, -0.1) is 0 Å². The lowest BCUT2D eigenvalue weighted by atomic mass is 10.1. The van der Waals surface area contributed by atoms with E-state index >= 15 is 0 Å². The minimum Gasteiger partial charge on any atom is -0.492 e. The molecule has 0 saturated carbocycles. The molecular weight excluding hydrogens is 344 g/mol. The number of carbonyl (C=O) groups is 1. The van der Waals surface area contributed by atoms with Gasteiger partial charge in [-0.1, -0.05) is 11.6 Å². The van der Waals surface area contributed by atoms with Gasteiger partial charge in [0.2, 0.25) is 5.91 Å². The predicted molar refractivity (Wildman–Crippen MR) is 83.3 cm³/mol. The molecule has 1 amide bonds. The molecule has 1 aliphatic heterocycles. The molecule has 1 atom stereocenters. The molecule has 1 unspecified atom stereocenters. The van der Waals surface area contributed by atoms with Crippen molar-refractivity contribution in [3.05, 3.63) is 27.7 Å². The van der Waals surface area contributed by atoms with Gasteiger partial charge in [-0.25, -0.2) is 0 Å². The van der Waals surface area contributed by atoms with Gasteiger partial charge in [-0.05, 0) is 53.5 Å². The van der Waals surface area contributed by atoms with Crippen molar-refractivity contribution in [3.63, 3.8) is 0 Å². The molecule has 0 spiro atoms. The SMILES string of the molecule is O=C(CCOc1ccc(Cl)cc1Br)NC1CCCNC1. The van der Waals surface area contributed by atoms with Gasteiger partial charge in [0, 0.05) is 17.6 Å². The highest BCUT2D eigenvalue weighted by molar-refractivity contribution is 9.10. The normalized spacial score (nSPS) is 18.6. The molecule has 0 aliphatic carbocycles. The van der Waals surface area contributed by atoms with Gasteiger partial charge in [-0.3, -0.25) is 4.79 Å². The van der Waals surface area contributed by atoms with E-state index in [1.54, 1.807) is 18.2 Å². The van der Waals surface area contributed by atoms with Gasteiger partial charge < -0.3 is 15.4 Å². The van der Waals surface area contributed by atoms with Crippen LogP contribution in [0.15, 0.2) is 22.7 Å². The van der Waals surface area contributed by atoms with Crippen LogP contribution in [0.1, 0.15) is 19.3 Å². The molecule has 4 nitrogen and oxygen atoms in total. The van der Waals surface area contributed by atoms with E-state index in [9.17, 15) is 4.79 Å². The molecule has 2 rings (SSSR count). The fourth-order valence-corrected chi connectivity index (χ4v) is 2.92. The van der Waals surface area contributed by atoms with Gasteiger partial charge in [0.15, 0.2) is 0 Å². The average molecular weight is 362 g/mol. The molecule has 0 aromatic heterocycles. The Hall–Kier alpha value is -0.780. The molecule has 0 bridgehead atoms. The minimum atomic E-state index is 0.0313. The van der Waals surface area contributed by atoms with E-state index in [1.807, 2.05) is 0 Å². The minimum absolute atomic E-state index is 0.0313. The summed E-state index contributed by atoms with van der Waals surface area (Å²) in [5.41, 5.74) is 0. The Morgan fingerprint density at radius 2 is 2.40 bits per heavy atom. The van der Waals surface area contributed by atoms with Crippen LogP contribution in [-0.2, 0) is 4.79 Å². The van der Waals surface area contributed by atoms with Crippen molar-refractivity contribution in [1.82, 2.24) is 10.6 Å². The number of hydrogen-bond acceptors (Lipinski definition) is 3. The first-order chi connectivity index (χ1) is 9.65. The maximum absolute atomic E-state index is 11.8. The first-order valence-electron chi connectivity index (χ1n) is 6.73. The number of benzene rings is 1. The van der Waals surface area contributed by atoms with E-state index < -0.39 is 0 Å². The number of hydrogen-bond donors (Lipinski definition) is 2. The van der Waals surface area contributed by atoms with E-state index in [0.717, 1.165) is 30.4 Å². The highest BCUT2D eigenvalue weighted by Crippen LogP contribution is 2.27. The molecule has 1 aromatic rings. The summed E-state index contributed by atoms with van der Waals surface area (Å²) in [6.07, 6.45) is 2.51. The van der Waals surface area contributed by atoms with Gasteiger partial charge >= 0.3 is 0 Å². The first-order valence-corrected chi connectivity index (χ1v) is 7.90. The molecule has 0 radical (unpaired) electrons. The topological polar surface area (TPSA) is 50.4 Å². The second kappa shape index (κ2) is 7.86. The number of nitrogens with one attached hydrogen (secondary N) is 2. The van der Waals surface area contributed by atoms with Crippen LogP contribution >= 0.6 is 27.5 Å². The summed E-state index contributed by atoms with van der Waals surface area (Å²) in [5, 5.41) is 6.93. The van der Waals surface area contributed by atoms with Crippen LogP contribution in [0.5, 0.6) is 5.75 Å². The second-order valence-corrected chi connectivity index (χ2v) is 6.07. The Morgan fingerprint density at radius 3 is 3.10 bits per heavy atom. The summed E-state index contributed by atoms with van der Waals surface area (Å²) < 4.78 is 6.36. The fourth-order valence-electron chi connectivity index (χ4n) is 2.12. The van der Waals surface area contributed by atoms with Gasteiger partial charge in [0.1, 0.15) is 5.75 Å². The van der Waals surface area contributed by atoms with Gasteiger partial charge in [-0.2, -0.15) is 0 Å². The van der Waals surface area contributed by atoms with Crippen molar-refractivity contribution in [2.24, 2.45) is 0 Å².